The molecule has 0 aliphatic heterocycles. The molecular weight excluding hydrogens is 312 g/mol. The number of amides is 1. The molecule has 3 aromatic rings. The lowest BCUT2D eigenvalue weighted by Crippen LogP contribution is -2.31. The predicted octanol–water partition coefficient (Wildman–Crippen LogP) is 4.41. The first kappa shape index (κ1) is 17.0. The number of hydrogen-bond donors (Lipinski definition) is 0. The maximum atomic E-state index is 12.6. The largest absolute Gasteiger partial charge is 0.444 e. The van der Waals surface area contributed by atoms with Gasteiger partial charge in [-0.3, -0.25) is 4.79 Å². The average molecular weight is 334 g/mol. The number of hydrogen-bond acceptors (Lipinski definition) is 3. The van der Waals surface area contributed by atoms with Crippen LogP contribution in [0.15, 0.2) is 65.3 Å². The fourth-order valence-electron chi connectivity index (χ4n) is 2.67. The van der Waals surface area contributed by atoms with Crippen LogP contribution >= 0.6 is 0 Å². The lowest BCUT2D eigenvalue weighted by molar-refractivity contribution is -0.131. The van der Waals surface area contributed by atoms with Crippen molar-refractivity contribution in [3.8, 4) is 11.5 Å². The molecule has 0 aliphatic rings. The monoisotopic (exact) mass is 334 g/mol. The predicted molar refractivity (Wildman–Crippen MR) is 98.0 cm³/mol. The van der Waals surface area contributed by atoms with Crippen LogP contribution in [0.1, 0.15) is 29.8 Å². The van der Waals surface area contributed by atoms with E-state index in [1.54, 1.807) is 11.2 Å². The fraction of sp³-hybridized carbons (Fsp3) is 0.238. The van der Waals surface area contributed by atoms with Crippen molar-refractivity contribution in [3.05, 3.63) is 77.7 Å². The van der Waals surface area contributed by atoms with E-state index >= 15 is 0 Å². The minimum Gasteiger partial charge on any atom is -0.444 e. The highest BCUT2D eigenvalue weighted by molar-refractivity contribution is 5.78. The van der Waals surface area contributed by atoms with Gasteiger partial charge in [-0.15, -0.1) is 0 Å². The fourth-order valence-corrected chi connectivity index (χ4v) is 2.67. The highest BCUT2D eigenvalue weighted by Gasteiger charge is 2.19. The van der Waals surface area contributed by atoms with Gasteiger partial charge in [-0.1, -0.05) is 48.0 Å². The van der Waals surface area contributed by atoms with E-state index in [1.807, 2.05) is 44.3 Å². The minimum atomic E-state index is 0.00796. The number of aromatic nitrogens is 1. The maximum Gasteiger partial charge on any atom is 0.228 e. The van der Waals surface area contributed by atoms with Crippen LogP contribution in [0, 0.1) is 6.92 Å². The summed E-state index contributed by atoms with van der Waals surface area (Å²) in [7, 11) is 1.82. The summed E-state index contributed by atoms with van der Waals surface area (Å²) < 4.78 is 5.51. The minimum absolute atomic E-state index is 0.00796. The summed E-state index contributed by atoms with van der Waals surface area (Å²) in [5.41, 5.74) is 3.88. The highest BCUT2D eigenvalue weighted by Crippen LogP contribution is 2.21. The van der Waals surface area contributed by atoms with Gasteiger partial charge < -0.3 is 9.32 Å². The lowest BCUT2D eigenvalue weighted by atomic mass is 10.1. The molecule has 2 aromatic carbocycles. The van der Waals surface area contributed by atoms with Crippen molar-refractivity contribution in [2.75, 3.05) is 7.05 Å². The van der Waals surface area contributed by atoms with E-state index in [0.717, 1.165) is 11.1 Å². The summed E-state index contributed by atoms with van der Waals surface area (Å²) in [4.78, 5) is 18.8. The quantitative estimate of drug-likeness (QED) is 0.694. The normalized spacial score (nSPS) is 12.0. The third-order valence-electron chi connectivity index (χ3n) is 4.44. The molecule has 0 radical (unpaired) electrons. The molecule has 0 spiro atoms. The van der Waals surface area contributed by atoms with E-state index in [-0.39, 0.29) is 18.4 Å². The van der Waals surface area contributed by atoms with Crippen LogP contribution in [0.25, 0.3) is 11.5 Å². The van der Waals surface area contributed by atoms with Crippen LogP contribution in [0.4, 0.5) is 0 Å². The molecule has 0 N–H and O–H groups in total. The number of likely N-dealkylation sites (N-methyl/N-ethyl adjacent to an activating group) is 1. The van der Waals surface area contributed by atoms with Gasteiger partial charge in [0.15, 0.2) is 0 Å². The van der Waals surface area contributed by atoms with Crippen LogP contribution in [-0.4, -0.2) is 22.8 Å². The van der Waals surface area contributed by atoms with Crippen LogP contribution in [0.5, 0.6) is 0 Å². The van der Waals surface area contributed by atoms with Crippen molar-refractivity contribution >= 4 is 5.91 Å². The SMILES string of the molecule is Cc1ccc(C(C)N(C)C(=O)Cc2coc(-c3ccccc3)n2)cc1. The molecule has 4 heteroatoms. The zero-order valence-electron chi connectivity index (χ0n) is 14.8. The third-order valence-corrected chi connectivity index (χ3v) is 4.44. The van der Waals surface area contributed by atoms with Gasteiger partial charge in [0.05, 0.1) is 18.2 Å². The Morgan fingerprint density at radius 1 is 1.12 bits per heavy atom. The second kappa shape index (κ2) is 7.34. The van der Waals surface area contributed by atoms with Gasteiger partial charge in [-0.05, 0) is 31.5 Å². The van der Waals surface area contributed by atoms with Crippen molar-refractivity contribution in [2.24, 2.45) is 0 Å². The Bertz CT molecular complexity index is 838. The Labute approximate surface area is 148 Å². The number of benzene rings is 2. The second-order valence-corrected chi connectivity index (χ2v) is 6.28. The third kappa shape index (κ3) is 3.97. The van der Waals surface area contributed by atoms with Crippen molar-refractivity contribution in [2.45, 2.75) is 26.3 Å². The van der Waals surface area contributed by atoms with Crippen LogP contribution in [0.2, 0.25) is 0 Å². The van der Waals surface area contributed by atoms with Gasteiger partial charge >= 0.3 is 0 Å². The summed E-state index contributed by atoms with van der Waals surface area (Å²) in [6.07, 6.45) is 1.79. The zero-order valence-corrected chi connectivity index (χ0v) is 14.8. The molecule has 1 amide bonds. The molecule has 1 aromatic heterocycles. The lowest BCUT2D eigenvalue weighted by Gasteiger charge is -2.25. The number of nitrogens with zero attached hydrogens (tertiary/aromatic N) is 2. The van der Waals surface area contributed by atoms with Gasteiger partial charge in [-0.2, -0.15) is 0 Å². The summed E-state index contributed by atoms with van der Waals surface area (Å²) in [6, 6.07) is 17.9. The van der Waals surface area contributed by atoms with Crippen molar-refractivity contribution < 1.29 is 9.21 Å². The first-order chi connectivity index (χ1) is 12.0. The molecule has 0 fully saturated rings. The summed E-state index contributed by atoms with van der Waals surface area (Å²) >= 11 is 0. The van der Waals surface area contributed by atoms with E-state index in [0.29, 0.717) is 11.6 Å². The molecule has 0 bridgehead atoms. The first-order valence-electron chi connectivity index (χ1n) is 8.36. The Kier molecular flexibility index (Phi) is 4.98. The van der Waals surface area contributed by atoms with Crippen molar-refractivity contribution in [1.29, 1.82) is 0 Å². The average Bonchev–Trinajstić information content (AvgIpc) is 3.10. The first-order valence-corrected chi connectivity index (χ1v) is 8.36. The van der Waals surface area contributed by atoms with Gasteiger partial charge in [0.1, 0.15) is 6.26 Å². The summed E-state index contributed by atoms with van der Waals surface area (Å²) in [5, 5.41) is 0. The van der Waals surface area contributed by atoms with E-state index < -0.39 is 0 Å². The number of aryl methyl sites for hydroxylation is 1. The van der Waals surface area contributed by atoms with Gasteiger partial charge in [0.2, 0.25) is 11.8 Å². The Morgan fingerprint density at radius 2 is 1.80 bits per heavy atom. The zero-order chi connectivity index (χ0) is 17.8. The smallest absolute Gasteiger partial charge is 0.228 e. The number of carbonyl (C=O) groups excluding carboxylic acids is 1. The molecule has 128 valence electrons. The van der Waals surface area contributed by atoms with Gasteiger partial charge in [-0.25, -0.2) is 4.98 Å². The number of carbonyl (C=O) groups is 1. The van der Waals surface area contributed by atoms with Gasteiger partial charge in [0.25, 0.3) is 0 Å². The van der Waals surface area contributed by atoms with E-state index in [1.165, 1.54) is 5.56 Å². The number of rotatable bonds is 5. The maximum absolute atomic E-state index is 12.6. The molecule has 4 nitrogen and oxygen atoms in total. The summed E-state index contributed by atoms with van der Waals surface area (Å²) in [5.74, 6) is 0.554. The molecule has 1 unspecified atom stereocenters. The molecule has 0 saturated heterocycles. The molecule has 25 heavy (non-hydrogen) atoms. The summed E-state index contributed by atoms with van der Waals surface area (Å²) in [6.45, 7) is 4.08. The molecular formula is C21H22N2O2. The molecule has 1 heterocycles. The molecule has 0 aliphatic carbocycles. The Hall–Kier alpha value is -2.88. The number of oxazole rings is 1. The topological polar surface area (TPSA) is 46.3 Å². The van der Waals surface area contributed by atoms with E-state index in [4.69, 9.17) is 4.42 Å². The standard InChI is InChI=1S/C21H22N2O2/c1-15-9-11-17(12-10-15)16(2)23(3)20(24)13-19-14-25-21(22-19)18-7-5-4-6-8-18/h4-12,14,16H,13H2,1-3H3. The van der Waals surface area contributed by atoms with Gasteiger partial charge in [0, 0.05) is 12.6 Å². The molecule has 1 atom stereocenters. The molecule has 0 saturated carbocycles. The van der Waals surface area contributed by atoms with E-state index in [9.17, 15) is 4.79 Å². The van der Waals surface area contributed by atoms with Crippen molar-refractivity contribution in [1.82, 2.24) is 9.88 Å². The second-order valence-electron chi connectivity index (χ2n) is 6.28. The Morgan fingerprint density at radius 3 is 2.48 bits per heavy atom. The van der Waals surface area contributed by atoms with Crippen molar-refractivity contribution in [3.63, 3.8) is 0 Å². The molecule has 3 rings (SSSR count). The van der Waals surface area contributed by atoms with Crippen LogP contribution in [-0.2, 0) is 11.2 Å². The van der Waals surface area contributed by atoms with E-state index in [2.05, 4.69) is 36.2 Å². The van der Waals surface area contributed by atoms with Crippen LogP contribution < -0.4 is 0 Å². The van der Waals surface area contributed by atoms with Crippen LogP contribution in [0.3, 0.4) is 0 Å². The highest BCUT2D eigenvalue weighted by atomic mass is 16.3. The Balaban J connectivity index is 1.67.